The fourth-order valence-electron chi connectivity index (χ4n) is 3.22. The summed E-state index contributed by atoms with van der Waals surface area (Å²) in [6.07, 6.45) is 0. The third kappa shape index (κ3) is 4.80. The number of anilines is 2. The Kier molecular flexibility index (Phi) is 6.12. The number of sulfonamides is 1. The van der Waals surface area contributed by atoms with Gasteiger partial charge >= 0.3 is 0 Å². The van der Waals surface area contributed by atoms with E-state index in [0.29, 0.717) is 17.0 Å². The number of ether oxygens (including phenoxy) is 1. The summed E-state index contributed by atoms with van der Waals surface area (Å²) in [4.78, 5) is 12.7. The number of benzene rings is 3. The molecule has 0 spiro atoms. The molecule has 0 aliphatic rings. The van der Waals surface area contributed by atoms with Crippen molar-refractivity contribution >= 4 is 27.3 Å². The van der Waals surface area contributed by atoms with E-state index in [0.717, 1.165) is 22.4 Å². The molecule has 156 valence electrons. The SMILES string of the molecule is COc1ccc(S(=O)(=O)Nc2ccc(C(=O)Nc3c(C)cc(C)cc3C)cc2)cc1. The van der Waals surface area contributed by atoms with Gasteiger partial charge in [-0.2, -0.15) is 0 Å². The number of hydrogen-bond donors (Lipinski definition) is 2. The van der Waals surface area contributed by atoms with Gasteiger partial charge in [0.05, 0.1) is 12.0 Å². The van der Waals surface area contributed by atoms with Crippen LogP contribution in [0.4, 0.5) is 11.4 Å². The summed E-state index contributed by atoms with van der Waals surface area (Å²) in [5, 5.41) is 2.94. The first-order valence-electron chi connectivity index (χ1n) is 9.36. The van der Waals surface area contributed by atoms with E-state index >= 15 is 0 Å². The Balaban J connectivity index is 1.73. The number of carbonyl (C=O) groups excluding carboxylic acids is 1. The Morgan fingerprint density at radius 2 is 1.43 bits per heavy atom. The molecule has 0 unspecified atom stereocenters. The van der Waals surface area contributed by atoms with Crippen LogP contribution in [0.2, 0.25) is 0 Å². The summed E-state index contributed by atoms with van der Waals surface area (Å²) >= 11 is 0. The van der Waals surface area contributed by atoms with Gasteiger partial charge in [-0.15, -0.1) is 0 Å². The lowest BCUT2D eigenvalue weighted by atomic mass is 10.0. The van der Waals surface area contributed by atoms with Crippen LogP contribution in [0.1, 0.15) is 27.0 Å². The van der Waals surface area contributed by atoms with E-state index in [1.165, 1.54) is 19.2 Å². The molecule has 30 heavy (non-hydrogen) atoms. The zero-order valence-corrected chi connectivity index (χ0v) is 18.1. The number of amides is 1. The lowest BCUT2D eigenvalue weighted by Gasteiger charge is -2.13. The molecule has 3 aromatic rings. The Labute approximate surface area is 177 Å². The van der Waals surface area contributed by atoms with E-state index in [1.807, 2.05) is 32.9 Å². The van der Waals surface area contributed by atoms with Crippen LogP contribution in [-0.4, -0.2) is 21.4 Å². The maximum absolute atomic E-state index is 12.6. The molecule has 3 rings (SSSR count). The van der Waals surface area contributed by atoms with Crippen molar-refractivity contribution in [3.8, 4) is 5.75 Å². The van der Waals surface area contributed by atoms with Gasteiger partial charge in [0.2, 0.25) is 0 Å². The van der Waals surface area contributed by atoms with Crippen LogP contribution in [0.15, 0.2) is 65.6 Å². The van der Waals surface area contributed by atoms with Crippen molar-refractivity contribution < 1.29 is 17.9 Å². The normalized spacial score (nSPS) is 11.1. The standard InChI is InChI=1S/C23H24N2O4S/c1-15-13-16(2)22(17(3)14-15)24-23(26)18-5-7-19(8-6-18)25-30(27,28)21-11-9-20(29-4)10-12-21/h5-14,25H,1-4H3,(H,24,26). The molecule has 0 bridgehead atoms. The van der Waals surface area contributed by atoms with Crippen LogP contribution < -0.4 is 14.8 Å². The summed E-state index contributed by atoms with van der Waals surface area (Å²) in [6, 6.07) is 16.4. The molecule has 0 saturated heterocycles. The number of hydrogen-bond acceptors (Lipinski definition) is 4. The second kappa shape index (κ2) is 8.59. The quantitative estimate of drug-likeness (QED) is 0.602. The Bertz CT molecular complexity index is 1150. The van der Waals surface area contributed by atoms with Crippen molar-refractivity contribution in [1.29, 1.82) is 0 Å². The highest BCUT2D eigenvalue weighted by atomic mass is 32.2. The smallest absolute Gasteiger partial charge is 0.261 e. The second-order valence-electron chi connectivity index (χ2n) is 7.09. The van der Waals surface area contributed by atoms with Crippen LogP contribution in [-0.2, 0) is 10.0 Å². The highest BCUT2D eigenvalue weighted by molar-refractivity contribution is 7.92. The van der Waals surface area contributed by atoms with Gasteiger partial charge in [0.1, 0.15) is 5.75 Å². The molecule has 0 aromatic heterocycles. The van der Waals surface area contributed by atoms with E-state index in [1.54, 1.807) is 36.4 Å². The summed E-state index contributed by atoms with van der Waals surface area (Å²) < 4.78 is 32.6. The number of aryl methyl sites for hydroxylation is 3. The molecule has 6 nitrogen and oxygen atoms in total. The molecular formula is C23H24N2O4S. The molecule has 0 fully saturated rings. The highest BCUT2D eigenvalue weighted by Gasteiger charge is 2.15. The lowest BCUT2D eigenvalue weighted by molar-refractivity contribution is 0.102. The topological polar surface area (TPSA) is 84.5 Å². The van der Waals surface area contributed by atoms with E-state index in [4.69, 9.17) is 4.74 Å². The van der Waals surface area contributed by atoms with Gasteiger partial charge in [-0.1, -0.05) is 17.7 Å². The van der Waals surface area contributed by atoms with E-state index in [2.05, 4.69) is 10.0 Å². The fraction of sp³-hybridized carbons (Fsp3) is 0.174. The monoisotopic (exact) mass is 424 g/mol. The Morgan fingerprint density at radius 3 is 1.97 bits per heavy atom. The number of carbonyl (C=O) groups is 1. The van der Waals surface area contributed by atoms with E-state index in [-0.39, 0.29) is 10.8 Å². The average Bonchev–Trinajstić information content (AvgIpc) is 2.71. The van der Waals surface area contributed by atoms with E-state index in [9.17, 15) is 13.2 Å². The van der Waals surface area contributed by atoms with Gasteiger partial charge < -0.3 is 10.1 Å². The molecule has 7 heteroatoms. The molecule has 0 atom stereocenters. The zero-order chi connectivity index (χ0) is 21.9. The number of methoxy groups -OCH3 is 1. The average molecular weight is 425 g/mol. The molecule has 1 amide bonds. The van der Waals surface area contributed by atoms with Crippen molar-refractivity contribution in [3.05, 3.63) is 82.9 Å². The molecule has 2 N–H and O–H groups in total. The van der Waals surface area contributed by atoms with Crippen LogP contribution in [0.3, 0.4) is 0 Å². The van der Waals surface area contributed by atoms with Gasteiger partial charge in [0.15, 0.2) is 0 Å². The molecule has 0 heterocycles. The van der Waals surface area contributed by atoms with Crippen molar-refractivity contribution in [3.63, 3.8) is 0 Å². The van der Waals surface area contributed by atoms with Gasteiger partial charge in [-0.3, -0.25) is 9.52 Å². The molecule has 3 aromatic carbocycles. The summed E-state index contributed by atoms with van der Waals surface area (Å²) in [5.74, 6) is 0.318. The molecule has 0 radical (unpaired) electrons. The van der Waals surface area contributed by atoms with Gasteiger partial charge in [0, 0.05) is 16.9 Å². The molecule has 0 aliphatic heterocycles. The maximum atomic E-state index is 12.6. The first-order valence-corrected chi connectivity index (χ1v) is 10.8. The van der Waals surface area contributed by atoms with Crippen LogP contribution in [0.25, 0.3) is 0 Å². The third-order valence-corrected chi connectivity index (χ3v) is 6.08. The second-order valence-corrected chi connectivity index (χ2v) is 8.77. The molecular weight excluding hydrogens is 400 g/mol. The zero-order valence-electron chi connectivity index (χ0n) is 17.3. The number of rotatable bonds is 6. The maximum Gasteiger partial charge on any atom is 0.261 e. The Morgan fingerprint density at radius 1 is 0.867 bits per heavy atom. The van der Waals surface area contributed by atoms with Gasteiger partial charge in [0.25, 0.3) is 15.9 Å². The highest BCUT2D eigenvalue weighted by Crippen LogP contribution is 2.23. The summed E-state index contributed by atoms with van der Waals surface area (Å²) in [7, 11) is -2.23. The minimum absolute atomic E-state index is 0.121. The molecule has 0 aliphatic carbocycles. The van der Waals surface area contributed by atoms with E-state index < -0.39 is 10.0 Å². The largest absolute Gasteiger partial charge is 0.497 e. The first-order chi connectivity index (χ1) is 14.2. The van der Waals surface area contributed by atoms with Crippen LogP contribution >= 0.6 is 0 Å². The summed E-state index contributed by atoms with van der Waals surface area (Å²) in [5.41, 5.74) is 4.70. The van der Waals surface area contributed by atoms with Gasteiger partial charge in [-0.25, -0.2) is 8.42 Å². The predicted molar refractivity (Wildman–Crippen MR) is 119 cm³/mol. The third-order valence-electron chi connectivity index (χ3n) is 4.68. The van der Waals surface area contributed by atoms with Crippen molar-refractivity contribution in [2.24, 2.45) is 0 Å². The lowest BCUT2D eigenvalue weighted by Crippen LogP contribution is -2.15. The first kappa shape index (κ1) is 21.4. The van der Waals surface area contributed by atoms with Crippen molar-refractivity contribution in [1.82, 2.24) is 0 Å². The Hall–Kier alpha value is -3.32. The predicted octanol–water partition coefficient (Wildman–Crippen LogP) is 4.67. The van der Waals surface area contributed by atoms with Gasteiger partial charge in [-0.05, 0) is 80.4 Å². The number of nitrogens with one attached hydrogen (secondary N) is 2. The molecule has 0 saturated carbocycles. The minimum Gasteiger partial charge on any atom is -0.497 e. The van der Waals surface area contributed by atoms with Crippen LogP contribution in [0.5, 0.6) is 5.75 Å². The fourth-order valence-corrected chi connectivity index (χ4v) is 4.28. The van der Waals surface area contributed by atoms with Crippen molar-refractivity contribution in [2.45, 2.75) is 25.7 Å². The minimum atomic E-state index is -3.74. The van der Waals surface area contributed by atoms with Crippen LogP contribution in [0, 0.1) is 20.8 Å². The van der Waals surface area contributed by atoms with Crippen molar-refractivity contribution in [2.75, 3.05) is 17.1 Å². The summed E-state index contributed by atoms with van der Waals surface area (Å²) in [6.45, 7) is 5.91.